The Morgan fingerprint density at radius 3 is 2.08 bits per heavy atom. The van der Waals surface area contributed by atoms with Gasteiger partial charge in [0.15, 0.2) is 0 Å². The van der Waals surface area contributed by atoms with Gasteiger partial charge in [-0.05, 0) is 30.6 Å². The molecule has 2 rings (SSSR count). The molecule has 0 bridgehead atoms. The van der Waals surface area contributed by atoms with Crippen LogP contribution < -0.4 is 0 Å². The molecule has 0 atom stereocenters. The Morgan fingerprint density at radius 2 is 1.50 bits per heavy atom. The van der Waals surface area contributed by atoms with Crippen molar-refractivity contribution < 1.29 is 0 Å². The topological polar surface area (TPSA) is 0 Å². The third-order valence-electron chi connectivity index (χ3n) is 3.38. The summed E-state index contributed by atoms with van der Waals surface area (Å²) in [6, 6.07) is 0. The molecule has 0 aromatic rings. The van der Waals surface area contributed by atoms with E-state index in [1.54, 1.807) is 0 Å². The molecule has 0 nitrogen and oxygen atoms in total. The summed E-state index contributed by atoms with van der Waals surface area (Å²) in [6.45, 7) is 2.39. The van der Waals surface area contributed by atoms with Gasteiger partial charge in [0.25, 0.3) is 0 Å². The monoisotopic (exact) mass is 162 g/mol. The van der Waals surface area contributed by atoms with Crippen LogP contribution in [0.3, 0.4) is 0 Å². The van der Waals surface area contributed by atoms with Gasteiger partial charge in [-0.1, -0.05) is 44.1 Å². The summed E-state index contributed by atoms with van der Waals surface area (Å²) in [5.41, 5.74) is 0. The van der Waals surface area contributed by atoms with Crippen molar-refractivity contribution in [2.24, 2.45) is 17.8 Å². The van der Waals surface area contributed by atoms with Crippen LogP contribution in [0.5, 0.6) is 0 Å². The minimum Gasteiger partial charge on any atom is -0.0773 e. The molecule has 0 aromatic heterocycles. The average molecular weight is 162 g/mol. The highest BCUT2D eigenvalue weighted by atomic mass is 14.3. The summed E-state index contributed by atoms with van der Waals surface area (Å²) in [5.74, 6) is 2.71. The lowest BCUT2D eigenvalue weighted by Crippen LogP contribution is -2.17. The maximum atomic E-state index is 2.39. The van der Waals surface area contributed by atoms with Crippen molar-refractivity contribution in [2.45, 2.75) is 32.6 Å². The van der Waals surface area contributed by atoms with Crippen LogP contribution in [-0.2, 0) is 0 Å². The molecule has 2 aliphatic rings. The van der Waals surface area contributed by atoms with Gasteiger partial charge in [-0.2, -0.15) is 0 Å². The first-order valence-electron chi connectivity index (χ1n) is 5.21. The van der Waals surface area contributed by atoms with Gasteiger partial charge in [0.05, 0.1) is 0 Å². The van der Waals surface area contributed by atoms with E-state index in [9.17, 15) is 0 Å². The van der Waals surface area contributed by atoms with Crippen molar-refractivity contribution in [1.82, 2.24) is 0 Å². The molecular weight excluding hydrogens is 144 g/mol. The Labute approximate surface area is 75.4 Å². The van der Waals surface area contributed by atoms with E-state index in [0.29, 0.717) is 0 Å². The highest BCUT2D eigenvalue weighted by Gasteiger charge is 2.23. The Kier molecular flexibility index (Phi) is 2.34. The quantitative estimate of drug-likeness (QED) is 0.553. The zero-order valence-corrected chi connectivity index (χ0v) is 7.87. The lowest BCUT2D eigenvalue weighted by molar-refractivity contribution is 0.263. The molecule has 0 N–H and O–H groups in total. The molecule has 0 aromatic carbocycles. The van der Waals surface area contributed by atoms with Crippen molar-refractivity contribution in [3.05, 3.63) is 24.3 Å². The maximum Gasteiger partial charge on any atom is -0.00190 e. The predicted octanol–water partition coefficient (Wildman–Crippen LogP) is 3.55. The number of rotatable bonds is 1. The average Bonchev–Trinajstić information content (AvgIpc) is 2.58. The summed E-state index contributed by atoms with van der Waals surface area (Å²) >= 11 is 0. The van der Waals surface area contributed by atoms with Gasteiger partial charge in [-0.3, -0.25) is 0 Å². The van der Waals surface area contributed by atoms with E-state index in [-0.39, 0.29) is 0 Å². The molecule has 0 saturated heterocycles. The molecule has 2 aliphatic carbocycles. The van der Waals surface area contributed by atoms with Crippen LogP contribution in [0.1, 0.15) is 32.6 Å². The minimum absolute atomic E-state index is 0.775. The van der Waals surface area contributed by atoms with Gasteiger partial charge >= 0.3 is 0 Å². The van der Waals surface area contributed by atoms with Crippen LogP contribution in [0.2, 0.25) is 0 Å². The summed E-state index contributed by atoms with van der Waals surface area (Å²) in [5, 5.41) is 0. The third-order valence-corrected chi connectivity index (χ3v) is 3.38. The second-order valence-corrected chi connectivity index (χ2v) is 4.37. The van der Waals surface area contributed by atoms with Crippen LogP contribution >= 0.6 is 0 Å². The lowest BCUT2D eigenvalue weighted by Gasteiger charge is -2.28. The van der Waals surface area contributed by atoms with E-state index < -0.39 is 0 Å². The molecule has 0 aliphatic heterocycles. The largest absolute Gasteiger partial charge is 0.0773 e. The molecule has 0 spiro atoms. The fraction of sp³-hybridized carbons (Fsp3) is 0.667. The summed E-state index contributed by atoms with van der Waals surface area (Å²) in [7, 11) is 0. The van der Waals surface area contributed by atoms with Gasteiger partial charge in [0.2, 0.25) is 0 Å². The highest BCUT2D eigenvalue weighted by molar-refractivity contribution is 5.18. The molecule has 0 heteroatoms. The standard InChI is InChI=1S/C12H18/c1-10-6-8-12(9-7-10)11-4-2-3-5-11/h2-5,10-12H,6-9H2,1H3. The molecule has 0 amide bonds. The second kappa shape index (κ2) is 3.47. The van der Waals surface area contributed by atoms with Gasteiger partial charge in [-0.25, -0.2) is 0 Å². The summed E-state index contributed by atoms with van der Waals surface area (Å²) in [6.07, 6.45) is 14.9. The Morgan fingerprint density at radius 1 is 0.917 bits per heavy atom. The molecule has 0 heterocycles. The van der Waals surface area contributed by atoms with Crippen molar-refractivity contribution in [3.8, 4) is 0 Å². The highest BCUT2D eigenvalue weighted by Crippen LogP contribution is 2.35. The smallest absolute Gasteiger partial charge is 0.00190 e. The van der Waals surface area contributed by atoms with Gasteiger partial charge in [0.1, 0.15) is 0 Å². The SMILES string of the molecule is CC1CCC(C2C=CC=C2)CC1. The van der Waals surface area contributed by atoms with Crippen LogP contribution in [0.25, 0.3) is 0 Å². The number of hydrogen-bond acceptors (Lipinski definition) is 0. The molecular formula is C12H18. The van der Waals surface area contributed by atoms with E-state index in [1.165, 1.54) is 25.7 Å². The predicted molar refractivity (Wildman–Crippen MR) is 52.9 cm³/mol. The van der Waals surface area contributed by atoms with E-state index >= 15 is 0 Å². The van der Waals surface area contributed by atoms with Crippen molar-refractivity contribution >= 4 is 0 Å². The molecule has 0 unspecified atom stereocenters. The van der Waals surface area contributed by atoms with Gasteiger partial charge in [-0.15, -0.1) is 0 Å². The Balaban J connectivity index is 1.89. The molecule has 0 radical (unpaired) electrons. The van der Waals surface area contributed by atoms with Crippen LogP contribution in [0.15, 0.2) is 24.3 Å². The minimum atomic E-state index is 0.775. The molecule has 1 fully saturated rings. The first kappa shape index (κ1) is 8.10. The molecule has 12 heavy (non-hydrogen) atoms. The van der Waals surface area contributed by atoms with Crippen molar-refractivity contribution in [1.29, 1.82) is 0 Å². The summed E-state index contributed by atoms with van der Waals surface area (Å²) < 4.78 is 0. The van der Waals surface area contributed by atoms with Gasteiger partial charge < -0.3 is 0 Å². The van der Waals surface area contributed by atoms with Crippen LogP contribution in [0, 0.1) is 17.8 Å². The third kappa shape index (κ3) is 1.63. The zero-order chi connectivity index (χ0) is 8.39. The van der Waals surface area contributed by atoms with Crippen LogP contribution in [-0.4, -0.2) is 0 Å². The zero-order valence-electron chi connectivity index (χ0n) is 7.87. The van der Waals surface area contributed by atoms with E-state index in [2.05, 4.69) is 31.2 Å². The Hall–Kier alpha value is -0.520. The van der Waals surface area contributed by atoms with Crippen molar-refractivity contribution in [2.75, 3.05) is 0 Å². The maximum absolute atomic E-state index is 2.39. The number of hydrogen-bond donors (Lipinski definition) is 0. The second-order valence-electron chi connectivity index (χ2n) is 4.37. The van der Waals surface area contributed by atoms with Crippen LogP contribution in [0.4, 0.5) is 0 Å². The lowest BCUT2D eigenvalue weighted by atomic mass is 9.77. The normalized spacial score (nSPS) is 36.1. The van der Waals surface area contributed by atoms with Crippen molar-refractivity contribution in [3.63, 3.8) is 0 Å². The first-order valence-corrected chi connectivity index (χ1v) is 5.21. The van der Waals surface area contributed by atoms with E-state index in [1.807, 2.05) is 0 Å². The summed E-state index contributed by atoms with van der Waals surface area (Å²) in [4.78, 5) is 0. The molecule has 1 saturated carbocycles. The van der Waals surface area contributed by atoms with E-state index in [0.717, 1.165) is 17.8 Å². The molecule has 66 valence electrons. The fourth-order valence-corrected chi connectivity index (χ4v) is 2.43. The van der Waals surface area contributed by atoms with E-state index in [4.69, 9.17) is 0 Å². The first-order chi connectivity index (χ1) is 5.86. The number of allylic oxidation sites excluding steroid dienone is 4. The fourth-order valence-electron chi connectivity index (χ4n) is 2.43. The Bertz CT molecular complexity index is 180. The van der Waals surface area contributed by atoms with Gasteiger partial charge in [0, 0.05) is 0 Å².